The van der Waals surface area contributed by atoms with Gasteiger partial charge in [0.25, 0.3) is 5.91 Å². The summed E-state index contributed by atoms with van der Waals surface area (Å²) in [5.74, 6) is -1.37. The van der Waals surface area contributed by atoms with Crippen LogP contribution in [-0.2, 0) is 4.79 Å². The Hall–Kier alpha value is -2.95. The minimum Gasteiger partial charge on any atom is -0.481 e. The highest BCUT2D eigenvalue weighted by atomic mass is 16.4. The normalized spacial score (nSPS) is 15.9. The molecule has 0 saturated heterocycles. The second kappa shape index (κ2) is 6.66. The smallest absolute Gasteiger partial charge is 0.306 e. The van der Waals surface area contributed by atoms with E-state index in [4.69, 9.17) is 5.11 Å². The van der Waals surface area contributed by atoms with Crippen molar-refractivity contribution in [3.63, 3.8) is 0 Å². The van der Waals surface area contributed by atoms with Crippen LogP contribution in [0, 0.1) is 5.92 Å². The first kappa shape index (κ1) is 15.9. The molecule has 0 fully saturated rings. The summed E-state index contributed by atoms with van der Waals surface area (Å²) < 4.78 is 0. The zero-order valence-electron chi connectivity index (χ0n) is 13.3. The van der Waals surface area contributed by atoms with Crippen LogP contribution in [0.5, 0.6) is 0 Å². The Labute approximate surface area is 140 Å². The Kier molecular flexibility index (Phi) is 4.42. The van der Waals surface area contributed by atoms with Crippen LogP contribution in [0.15, 0.2) is 48.8 Å². The molecule has 1 aliphatic rings. The van der Waals surface area contributed by atoms with Gasteiger partial charge in [0.1, 0.15) is 0 Å². The van der Waals surface area contributed by atoms with Crippen LogP contribution in [-0.4, -0.2) is 22.0 Å². The Morgan fingerprint density at radius 2 is 2.04 bits per heavy atom. The third kappa shape index (κ3) is 3.06. The number of carbonyl (C=O) groups is 2. The number of aromatic nitrogens is 1. The maximum Gasteiger partial charge on any atom is 0.306 e. The van der Waals surface area contributed by atoms with E-state index in [1.54, 1.807) is 25.4 Å². The van der Waals surface area contributed by atoms with Gasteiger partial charge in [0.05, 0.1) is 11.5 Å². The number of carboxylic acid groups (broad SMARTS) is 1. The summed E-state index contributed by atoms with van der Waals surface area (Å²) >= 11 is 0. The van der Waals surface area contributed by atoms with Gasteiger partial charge in [-0.15, -0.1) is 0 Å². The summed E-state index contributed by atoms with van der Waals surface area (Å²) in [4.78, 5) is 27.6. The molecule has 2 N–H and O–H groups in total. The molecule has 2 heterocycles. The van der Waals surface area contributed by atoms with Gasteiger partial charge in [0.2, 0.25) is 0 Å². The lowest BCUT2D eigenvalue weighted by atomic mass is 9.93. The Morgan fingerprint density at radius 1 is 1.25 bits per heavy atom. The first-order chi connectivity index (χ1) is 11.6. The largest absolute Gasteiger partial charge is 0.481 e. The number of amides is 1. The topological polar surface area (TPSA) is 79.3 Å². The molecule has 1 atom stereocenters. The van der Waals surface area contributed by atoms with Gasteiger partial charge in [0.15, 0.2) is 0 Å². The predicted molar refractivity (Wildman–Crippen MR) is 91.7 cm³/mol. The number of anilines is 1. The minimum absolute atomic E-state index is 0.165. The van der Waals surface area contributed by atoms with Crippen LogP contribution in [0.1, 0.15) is 41.3 Å². The number of hydrogen-bond acceptors (Lipinski definition) is 3. The zero-order valence-corrected chi connectivity index (χ0v) is 13.3. The number of hydrogen-bond donors (Lipinski definition) is 2. The van der Waals surface area contributed by atoms with Crippen molar-refractivity contribution in [1.82, 2.24) is 4.98 Å². The van der Waals surface area contributed by atoms with Gasteiger partial charge in [0, 0.05) is 29.2 Å². The van der Waals surface area contributed by atoms with E-state index in [9.17, 15) is 9.59 Å². The molecule has 1 aromatic carbocycles. The van der Waals surface area contributed by atoms with Crippen molar-refractivity contribution < 1.29 is 14.7 Å². The van der Waals surface area contributed by atoms with Crippen molar-refractivity contribution >= 4 is 23.1 Å². The van der Waals surface area contributed by atoms with E-state index < -0.39 is 11.9 Å². The van der Waals surface area contributed by atoms with E-state index in [-0.39, 0.29) is 5.91 Å². The number of benzene rings is 1. The van der Waals surface area contributed by atoms with Crippen LogP contribution in [0.4, 0.5) is 5.69 Å². The van der Waals surface area contributed by atoms with E-state index in [0.29, 0.717) is 18.4 Å². The van der Waals surface area contributed by atoms with Crippen LogP contribution >= 0.6 is 0 Å². The number of carboxylic acids is 1. The fraction of sp³-hybridized carbons (Fsp3) is 0.211. The lowest BCUT2D eigenvalue weighted by molar-refractivity contribution is -0.141. The first-order valence-corrected chi connectivity index (χ1v) is 7.86. The summed E-state index contributed by atoms with van der Waals surface area (Å²) in [6.07, 6.45) is 6.43. The number of allylic oxidation sites excluding steroid dienone is 1. The van der Waals surface area contributed by atoms with E-state index >= 15 is 0 Å². The number of rotatable bonds is 4. The molecule has 0 bridgehead atoms. The summed E-state index contributed by atoms with van der Waals surface area (Å²) in [6.45, 7) is 1.70. The second-order valence-corrected chi connectivity index (χ2v) is 5.86. The van der Waals surface area contributed by atoms with Crippen LogP contribution in [0.2, 0.25) is 0 Å². The van der Waals surface area contributed by atoms with Crippen molar-refractivity contribution in [3.05, 3.63) is 65.5 Å². The number of para-hydroxylation sites is 1. The molecule has 1 aliphatic heterocycles. The van der Waals surface area contributed by atoms with Crippen molar-refractivity contribution in [2.45, 2.75) is 19.8 Å². The van der Waals surface area contributed by atoms with Gasteiger partial charge in [-0.25, -0.2) is 0 Å². The van der Waals surface area contributed by atoms with Crippen molar-refractivity contribution in [1.29, 1.82) is 0 Å². The van der Waals surface area contributed by atoms with Crippen LogP contribution < -0.4 is 5.32 Å². The van der Waals surface area contributed by atoms with Crippen molar-refractivity contribution in [2.24, 2.45) is 5.92 Å². The Balaban J connectivity index is 2.05. The molecular formula is C19H18N2O3. The van der Waals surface area contributed by atoms with Crippen molar-refractivity contribution in [3.8, 4) is 0 Å². The molecule has 0 saturated carbocycles. The average molecular weight is 322 g/mol. The number of carbonyl (C=O) groups excluding carboxylic acids is 1. The quantitative estimate of drug-likeness (QED) is 0.901. The zero-order chi connectivity index (χ0) is 17.1. The summed E-state index contributed by atoms with van der Waals surface area (Å²) in [7, 11) is 0. The molecule has 122 valence electrons. The van der Waals surface area contributed by atoms with Gasteiger partial charge >= 0.3 is 5.97 Å². The molecule has 1 aromatic heterocycles. The van der Waals surface area contributed by atoms with E-state index in [1.165, 1.54) is 0 Å². The third-order valence-corrected chi connectivity index (χ3v) is 4.19. The summed E-state index contributed by atoms with van der Waals surface area (Å²) in [5, 5.41) is 12.0. The molecule has 0 aliphatic carbocycles. The maximum atomic E-state index is 12.4. The van der Waals surface area contributed by atoms with E-state index in [0.717, 1.165) is 22.4 Å². The van der Waals surface area contributed by atoms with Gasteiger partial charge in [-0.3, -0.25) is 14.6 Å². The van der Waals surface area contributed by atoms with Crippen molar-refractivity contribution in [2.75, 3.05) is 5.32 Å². The molecule has 1 amide bonds. The molecule has 5 nitrogen and oxygen atoms in total. The number of nitrogens with zero attached hydrogens (tertiary/aromatic N) is 1. The first-order valence-electron chi connectivity index (χ1n) is 7.86. The molecule has 2 aromatic rings. The number of aliphatic carboxylic acids is 1. The molecule has 0 radical (unpaired) electrons. The molecule has 3 rings (SSSR count). The average Bonchev–Trinajstić information content (AvgIpc) is 2.70. The highest BCUT2D eigenvalue weighted by Gasteiger charge is 2.22. The monoisotopic (exact) mass is 322 g/mol. The molecule has 24 heavy (non-hydrogen) atoms. The standard InChI is InChI=1S/C19H18N2O3/c1-12(19(23)24)5-4-7-13-14-6-2-3-8-17(14)21-18(22)15-9-10-20-11-16(13)15/h2-3,6-12H,4-5H2,1H3,(H,21,22)(H,23,24)/b13-7-. The number of fused-ring (bicyclic) bond motifs is 2. The number of nitrogens with one attached hydrogen (secondary N) is 1. The third-order valence-electron chi connectivity index (χ3n) is 4.19. The fourth-order valence-electron chi connectivity index (χ4n) is 2.79. The second-order valence-electron chi connectivity index (χ2n) is 5.86. The lowest BCUT2D eigenvalue weighted by Crippen LogP contribution is -2.11. The predicted octanol–water partition coefficient (Wildman–Crippen LogP) is 3.58. The van der Waals surface area contributed by atoms with Gasteiger partial charge < -0.3 is 10.4 Å². The summed E-state index contributed by atoms with van der Waals surface area (Å²) in [6, 6.07) is 9.30. The Morgan fingerprint density at radius 3 is 2.83 bits per heavy atom. The minimum atomic E-state index is -0.798. The van der Waals surface area contributed by atoms with E-state index in [1.807, 2.05) is 30.3 Å². The molecule has 1 unspecified atom stereocenters. The molecule has 5 heteroatoms. The molecular weight excluding hydrogens is 304 g/mol. The van der Waals surface area contributed by atoms with Crippen LogP contribution in [0.25, 0.3) is 5.57 Å². The molecule has 0 spiro atoms. The van der Waals surface area contributed by atoms with Gasteiger partial charge in [-0.1, -0.05) is 31.2 Å². The number of pyridine rings is 1. The highest BCUT2D eigenvalue weighted by Crippen LogP contribution is 2.35. The van der Waals surface area contributed by atoms with Crippen LogP contribution in [0.3, 0.4) is 0 Å². The van der Waals surface area contributed by atoms with E-state index in [2.05, 4.69) is 10.3 Å². The SMILES string of the molecule is CC(CC/C=C1/c2ccccc2NC(=O)c2ccncc21)C(=O)O. The van der Waals surface area contributed by atoms with Gasteiger partial charge in [-0.05, 0) is 30.5 Å². The fourth-order valence-corrected chi connectivity index (χ4v) is 2.79. The van der Waals surface area contributed by atoms with Gasteiger partial charge in [-0.2, -0.15) is 0 Å². The highest BCUT2D eigenvalue weighted by molar-refractivity contribution is 6.12. The summed E-state index contributed by atoms with van der Waals surface area (Å²) in [5.41, 5.74) is 3.91. The maximum absolute atomic E-state index is 12.4. The lowest BCUT2D eigenvalue weighted by Gasteiger charge is -2.11. The Bertz CT molecular complexity index is 827.